The number of allylic oxidation sites excluding steroid dienone is 4. The summed E-state index contributed by atoms with van der Waals surface area (Å²) in [6.45, 7) is 1.57. The lowest BCUT2D eigenvalue weighted by atomic mass is 10.1. The van der Waals surface area contributed by atoms with Gasteiger partial charge in [0.25, 0.3) is 16.0 Å². The molecule has 2 aromatic rings. The fraction of sp³-hybridized carbons (Fsp3) is 0.208. The number of thioether (sulfide) groups is 1. The van der Waals surface area contributed by atoms with Crippen LogP contribution in [0.15, 0.2) is 71.0 Å². The topological polar surface area (TPSA) is 124 Å². The van der Waals surface area contributed by atoms with E-state index in [1.807, 2.05) is 41.3 Å². The van der Waals surface area contributed by atoms with E-state index < -0.39 is 28.5 Å². The van der Waals surface area contributed by atoms with E-state index in [1.165, 1.54) is 0 Å². The second kappa shape index (κ2) is 10.4. The Balaban J connectivity index is 1.63. The first-order valence-corrected chi connectivity index (χ1v) is 13.6. The maximum Gasteiger partial charge on any atom is 0.323 e. The van der Waals surface area contributed by atoms with Crippen LogP contribution < -0.4 is 9.64 Å². The van der Waals surface area contributed by atoms with Crippen molar-refractivity contribution < 1.29 is 32.4 Å². The number of nitrogens with zero attached hydrogens (tertiary/aromatic N) is 2. The van der Waals surface area contributed by atoms with E-state index in [0.29, 0.717) is 22.1 Å². The fourth-order valence-corrected chi connectivity index (χ4v) is 5.65. The average molecular weight is 547 g/mol. The van der Waals surface area contributed by atoms with Crippen molar-refractivity contribution in [3.05, 3.63) is 71.0 Å². The molecule has 0 saturated carbocycles. The van der Waals surface area contributed by atoms with Gasteiger partial charge >= 0.3 is 5.97 Å². The summed E-state index contributed by atoms with van der Waals surface area (Å²) in [5.41, 5.74) is 1.50. The van der Waals surface area contributed by atoms with Crippen molar-refractivity contribution >= 4 is 66.8 Å². The van der Waals surface area contributed by atoms with Crippen LogP contribution in [0, 0.1) is 0 Å². The zero-order valence-electron chi connectivity index (χ0n) is 19.1. The van der Waals surface area contributed by atoms with Gasteiger partial charge in [0.1, 0.15) is 10.9 Å². The molecule has 0 spiro atoms. The first-order valence-electron chi connectivity index (χ1n) is 10.8. The molecule has 1 amide bonds. The van der Waals surface area contributed by atoms with Crippen molar-refractivity contribution in [2.24, 2.45) is 0 Å². The summed E-state index contributed by atoms with van der Waals surface area (Å²) in [7, 11) is -4.11. The predicted octanol–water partition coefficient (Wildman–Crippen LogP) is 3.93. The summed E-state index contributed by atoms with van der Waals surface area (Å²) < 4.78 is 37.9. The normalized spacial score (nSPS) is 18.4. The van der Waals surface area contributed by atoms with Crippen LogP contribution in [0.5, 0.6) is 5.75 Å². The molecule has 2 heterocycles. The number of hydrogen-bond donors (Lipinski definition) is 2. The van der Waals surface area contributed by atoms with E-state index in [1.54, 1.807) is 25.2 Å². The number of aliphatic carboxylic acids is 1. The first kappa shape index (κ1) is 25.9. The molecule has 0 radical (unpaired) electrons. The number of carbonyl (C=O) groups excluding carboxylic acids is 1. The van der Waals surface area contributed by atoms with Gasteiger partial charge in [-0.05, 0) is 42.5 Å². The SMILES string of the molecule is CC(=C\C=C1/Oc2ccc3ccccc3c2N1CCCS(=O)(=O)O)/C=C1/SC(=S)N(CC(=O)O)C1=O. The Morgan fingerprint density at radius 1 is 1.19 bits per heavy atom. The van der Waals surface area contributed by atoms with Crippen LogP contribution in [0.3, 0.4) is 0 Å². The predicted molar refractivity (Wildman–Crippen MR) is 142 cm³/mol. The van der Waals surface area contributed by atoms with Gasteiger partial charge in [-0.2, -0.15) is 8.42 Å². The van der Waals surface area contributed by atoms with Gasteiger partial charge in [0.05, 0.1) is 16.3 Å². The second-order valence-corrected chi connectivity index (χ2v) is 11.4. The van der Waals surface area contributed by atoms with E-state index in [9.17, 15) is 18.0 Å². The molecular formula is C24H22N2O7S3. The lowest BCUT2D eigenvalue weighted by molar-refractivity contribution is -0.140. The number of carbonyl (C=O) groups is 2. The van der Waals surface area contributed by atoms with Crippen LogP contribution in [-0.4, -0.2) is 58.0 Å². The minimum absolute atomic E-state index is 0.178. The Bertz CT molecular complexity index is 1460. The number of hydrogen-bond acceptors (Lipinski definition) is 8. The number of carboxylic acids is 1. The van der Waals surface area contributed by atoms with Crippen molar-refractivity contribution in [3.8, 4) is 5.75 Å². The molecule has 2 N–H and O–H groups in total. The smallest absolute Gasteiger partial charge is 0.323 e. The molecule has 0 atom stereocenters. The van der Waals surface area contributed by atoms with Gasteiger partial charge < -0.3 is 14.7 Å². The molecule has 9 nitrogen and oxygen atoms in total. The summed E-state index contributed by atoms with van der Waals surface area (Å²) >= 11 is 6.16. The molecule has 0 bridgehead atoms. The highest BCUT2D eigenvalue weighted by Gasteiger charge is 2.33. The standard InChI is InChI=1S/C24H22N2O7S3/c1-15(13-19-23(29)26(14-21(27)28)24(34)35-19)7-10-20-25(11-4-12-36(30,31)32)22-17-6-3-2-5-16(17)8-9-18(22)33-20/h2-3,5-10,13H,4,11-12,14H2,1H3,(H,27,28)(H,30,31,32)/b15-7+,19-13+,20-10-. The quantitative estimate of drug-likeness (QED) is 0.286. The van der Waals surface area contributed by atoms with Gasteiger partial charge in [-0.3, -0.25) is 19.0 Å². The lowest BCUT2D eigenvalue weighted by Crippen LogP contribution is -2.33. The van der Waals surface area contributed by atoms with Crippen molar-refractivity contribution in [1.82, 2.24) is 4.90 Å². The highest BCUT2D eigenvalue weighted by Crippen LogP contribution is 2.44. The maximum absolute atomic E-state index is 12.5. The van der Waals surface area contributed by atoms with Crippen LogP contribution in [0.2, 0.25) is 0 Å². The number of amides is 1. The van der Waals surface area contributed by atoms with E-state index >= 15 is 0 Å². The lowest BCUT2D eigenvalue weighted by Gasteiger charge is -2.19. The number of anilines is 1. The number of fused-ring (bicyclic) bond motifs is 3. The third kappa shape index (κ3) is 5.78. The monoisotopic (exact) mass is 546 g/mol. The van der Waals surface area contributed by atoms with E-state index in [4.69, 9.17) is 26.6 Å². The molecule has 2 aliphatic rings. The Morgan fingerprint density at radius 3 is 2.67 bits per heavy atom. The maximum atomic E-state index is 12.5. The fourth-order valence-electron chi connectivity index (χ4n) is 3.85. The van der Waals surface area contributed by atoms with Gasteiger partial charge in [0, 0.05) is 11.9 Å². The average Bonchev–Trinajstić information content (AvgIpc) is 3.29. The van der Waals surface area contributed by atoms with Crippen molar-refractivity contribution in [1.29, 1.82) is 0 Å². The highest BCUT2D eigenvalue weighted by molar-refractivity contribution is 8.26. The zero-order chi connectivity index (χ0) is 26.0. The van der Waals surface area contributed by atoms with Crippen LogP contribution in [0.25, 0.3) is 10.8 Å². The van der Waals surface area contributed by atoms with Crippen LogP contribution in [0.4, 0.5) is 5.69 Å². The molecule has 0 aromatic heterocycles. The Labute approximate surface area is 217 Å². The number of thiocarbonyl (C=S) groups is 1. The van der Waals surface area contributed by atoms with Crippen molar-refractivity contribution in [2.45, 2.75) is 13.3 Å². The molecule has 188 valence electrons. The summed E-state index contributed by atoms with van der Waals surface area (Å²) in [4.78, 5) is 26.7. The molecule has 2 aromatic carbocycles. The summed E-state index contributed by atoms with van der Waals surface area (Å²) in [6, 6.07) is 11.5. The van der Waals surface area contributed by atoms with E-state index in [-0.39, 0.29) is 23.0 Å². The van der Waals surface area contributed by atoms with Crippen molar-refractivity contribution in [2.75, 3.05) is 23.7 Å². The number of ether oxygens (including phenoxy) is 1. The Hall–Kier alpha value is -3.19. The molecule has 4 rings (SSSR count). The molecule has 2 aliphatic heterocycles. The van der Waals surface area contributed by atoms with E-state index in [2.05, 4.69) is 0 Å². The summed E-state index contributed by atoms with van der Waals surface area (Å²) in [5, 5.41) is 10.9. The third-order valence-electron chi connectivity index (χ3n) is 5.41. The number of carboxylic acid groups (broad SMARTS) is 1. The number of benzene rings is 2. The van der Waals surface area contributed by atoms with Gasteiger partial charge in [-0.1, -0.05) is 60.4 Å². The van der Waals surface area contributed by atoms with Crippen LogP contribution in [-0.2, 0) is 19.7 Å². The molecule has 36 heavy (non-hydrogen) atoms. The zero-order valence-corrected chi connectivity index (χ0v) is 21.5. The summed E-state index contributed by atoms with van der Waals surface area (Å²) in [6.07, 6.45) is 5.25. The minimum Gasteiger partial charge on any atom is -0.480 e. The highest BCUT2D eigenvalue weighted by atomic mass is 32.2. The van der Waals surface area contributed by atoms with Crippen molar-refractivity contribution in [3.63, 3.8) is 0 Å². The minimum atomic E-state index is -4.11. The molecular weight excluding hydrogens is 524 g/mol. The van der Waals surface area contributed by atoms with Gasteiger partial charge in [0.2, 0.25) is 5.88 Å². The van der Waals surface area contributed by atoms with Crippen LogP contribution in [0.1, 0.15) is 13.3 Å². The molecule has 0 aliphatic carbocycles. The van der Waals surface area contributed by atoms with Gasteiger partial charge in [-0.15, -0.1) is 0 Å². The van der Waals surface area contributed by atoms with Gasteiger partial charge in [0.15, 0.2) is 5.75 Å². The Morgan fingerprint density at radius 2 is 1.94 bits per heavy atom. The Kier molecular flexibility index (Phi) is 7.50. The molecule has 1 fully saturated rings. The molecule has 12 heteroatoms. The van der Waals surface area contributed by atoms with Gasteiger partial charge in [-0.25, -0.2) is 0 Å². The first-order chi connectivity index (χ1) is 17.0. The largest absolute Gasteiger partial charge is 0.480 e. The number of rotatable bonds is 8. The summed E-state index contributed by atoms with van der Waals surface area (Å²) in [5.74, 6) is -0.917. The molecule has 1 saturated heterocycles. The molecule has 0 unspecified atom stereocenters. The third-order valence-corrected chi connectivity index (χ3v) is 7.59. The van der Waals surface area contributed by atoms with E-state index in [0.717, 1.165) is 33.1 Å². The van der Waals surface area contributed by atoms with Crippen LogP contribution >= 0.6 is 24.0 Å². The second-order valence-electron chi connectivity index (χ2n) is 8.10.